The van der Waals surface area contributed by atoms with Crippen LogP contribution in [0.5, 0.6) is 0 Å². The molecule has 3 rings (SSSR count). The monoisotopic (exact) mass is 410 g/mol. The van der Waals surface area contributed by atoms with Crippen molar-refractivity contribution in [2.75, 3.05) is 26.2 Å². The molecule has 1 heterocycles. The highest BCUT2D eigenvalue weighted by molar-refractivity contribution is 5.96. The Morgan fingerprint density at radius 2 is 1.23 bits per heavy atom. The van der Waals surface area contributed by atoms with Gasteiger partial charge in [0.25, 0.3) is 5.91 Å². The molecule has 0 saturated carbocycles. The Morgan fingerprint density at radius 3 is 1.70 bits per heavy atom. The summed E-state index contributed by atoms with van der Waals surface area (Å²) in [5.41, 5.74) is 2.64. The van der Waals surface area contributed by atoms with Crippen molar-refractivity contribution < 1.29 is 19.4 Å². The van der Waals surface area contributed by atoms with Gasteiger partial charge < -0.3 is 15.1 Å². The van der Waals surface area contributed by atoms with Crippen molar-refractivity contribution in [2.45, 2.75) is 38.9 Å². The Bertz CT molecular complexity index is 778. The van der Waals surface area contributed by atoms with E-state index in [1.54, 1.807) is 0 Å². The van der Waals surface area contributed by atoms with Gasteiger partial charge in [-0.15, -0.1) is 0 Å². The van der Waals surface area contributed by atoms with Crippen molar-refractivity contribution in [3.05, 3.63) is 71.8 Å². The second-order valence-corrected chi connectivity index (χ2v) is 8.41. The van der Waals surface area contributed by atoms with Gasteiger partial charge in [0.2, 0.25) is 0 Å². The summed E-state index contributed by atoms with van der Waals surface area (Å²) >= 11 is 0. The molecular formula is C24H34N4O2+2. The highest BCUT2D eigenvalue weighted by atomic mass is 16.2. The molecule has 1 aliphatic heterocycles. The van der Waals surface area contributed by atoms with Gasteiger partial charge in [-0.25, -0.2) is 4.79 Å². The lowest BCUT2D eigenvalue weighted by Gasteiger charge is -2.36. The summed E-state index contributed by atoms with van der Waals surface area (Å²) in [6.45, 7) is 9.38. The van der Waals surface area contributed by atoms with Crippen molar-refractivity contribution in [1.29, 1.82) is 0 Å². The van der Waals surface area contributed by atoms with Crippen LogP contribution < -0.4 is 20.4 Å². The zero-order valence-corrected chi connectivity index (χ0v) is 18.2. The third-order valence-electron chi connectivity index (χ3n) is 5.87. The second-order valence-electron chi connectivity index (χ2n) is 8.41. The summed E-state index contributed by atoms with van der Waals surface area (Å²) in [5, 5.41) is 5.18. The number of amides is 3. The lowest BCUT2D eigenvalue weighted by Crippen LogP contribution is -3.30. The van der Waals surface area contributed by atoms with E-state index in [1.807, 2.05) is 20.8 Å². The van der Waals surface area contributed by atoms with Crippen LogP contribution in [-0.2, 0) is 4.79 Å². The molecule has 1 atom stereocenters. The molecule has 3 amide bonds. The van der Waals surface area contributed by atoms with Gasteiger partial charge >= 0.3 is 6.03 Å². The molecule has 0 unspecified atom stereocenters. The largest absolute Gasteiger partial charge is 0.336 e. The van der Waals surface area contributed by atoms with Gasteiger partial charge in [-0.05, 0) is 20.8 Å². The number of hydrogen-bond acceptors (Lipinski definition) is 2. The molecular weight excluding hydrogens is 376 g/mol. The molecule has 1 aliphatic rings. The van der Waals surface area contributed by atoms with E-state index in [2.05, 4.69) is 71.3 Å². The standard InChI is InChI=1S/C24H32N4O2/c1-18(2)25-24(30)26-23(29)19(3)27-14-16-28(17-15-27)22(20-10-6-4-7-11-20)21-12-8-5-9-13-21/h4-13,18-19,22H,14-17H2,1-3H3,(H2,25,26,29,30)/p+2/t19-/m0/s1. The number of imide groups is 1. The van der Waals surface area contributed by atoms with E-state index in [1.165, 1.54) is 20.9 Å². The quantitative estimate of drug-likeness (QED) is 0.549. The van der Waals surface area contributed by atoms with E-state index in [-0.39, 0.29) is 24.0 Å². The van der Waals surface area contributed by atoms with Gasteiger partial charge in [0.15, 0.2) is 6.04 Å². The smallest absolute Gasteiger partial charge is 0.321 e. The van der Waals surface area contributed by atoms with E-state index in [4.69, 9.17) is 0 Å². The van der Waals surface area contributed by atoms with E-state index in [0.29, 0.717) is 0 Å². The molecule has 0 bridgehead atoms. The topological polar surface area (TPSA) is 67.1 Å². The molecule has 6 heteroatoms. The van der Waals surface area contributed by atoms with Crippen molar-refractivity contribution in [3.63, 3.8) is 0 Å². The number of benzene rings is 2. The van der Waals surface area contributed by atoms with E-state index in [9.17, 15) is 9.59 Å². The van der Waals surface area contributed by atoms with Crippen LogP contribution in [0.25, 0.3) is 0 Å². The maximum absolute atomic E-state index is 12.5. The molecule has 160 valence electrons. The summed E-state index contributed by atoms with van der Waals surface area (Å²) in [5.74, 6) is -0.214. The number of carbonyl (C=O) groups excluding carboxylic acids is 2. The van der Waals surface area contributed by atoms with Crippen LogP contribution in [0.3, 0.4) is 0 Å². The Balaban J connectivity index is 1.64. The maximum atomic E-state index is 12.5. The van der Waals surface area contributed by atoms with Crippen molar-refractivity contribution in [3.8, 4) is 0 Å². The molecule has 0 aromatic heterocycles. The number of hydrogen-bond donors (Lipinski definition) is 4. The predicted molar refractivity (Wildman–Crippen MR) is 117 cm³/mol. The van der Waals surface area contributed by atoms with Crippen molar-refractivity contribution in [1.82, 2.24) is 10.6 Å². The SMILES string of the molecule is CC(C)NC(=O)NC(=O)[C@H](C)[NH+]1CC[NH+](C(c2ccccc2)c2ccccc2)CC1. The van der Waals surface area contributed by atoms with Gasteiger partial charge in [-0.1, -0.05) is 60.7 Å². The molecule has 6 nitrogen and oxygen atoms in total. The maximum Gasteiger partial charge on any atom is 0.321 e. The summed E-state index contributed by atoms with van der Waals surface area (Å²) in [6.07, 6.45) is 0. The first-order chi connectivity index (χ1) is 14.5. The molecule has 4 N–H and O–H groups in total. The average Bonchev–Trinajstić information content (AvgIpc) is 2.75. The fourth-order valence-electron chi connectivity index (χ4n) is 4.27. The van der Waals surface area contributed by atoms with Crippen LogP contribution in [0, 0.1) is 0 Å². The number of piperazine rings is 1. The molecule has 30 heavy (non-hydrogen) atoms. The number of rotatable bonds is 6. The van der Waals surface area contributed by atoms with E-state index < -0.39 is 6.03 Å². The van der Waals surface area contributed by atoms with E-state index >= 15 is 0 Å². The van der Waals surface area contributed by atoms with Gasteiger partial charge in [-0.2, -0.15) is 0 Å². The lowest BCUT2D eigenvalue weighted by atomic mass is 9.96. The van der Waals surface area contributed by atoms with Crippen molar-refractivity contribution in [2.24, 2.45) is 0 Å². The van der Waals surface area contributed by atoms with Crippen molar-refractivity contribution >= 4 is 11.9 Å². The third kappa shape index (κ3) is 5.68. The minimum Gasteiger partial charge on any atom is -0.336 e. The average molecular weight is 411 g/mol. The number of nitrogens with one attached hydrogen (secondary N) is 4. The zero-order valence-electron chi connectivity index (χ0n) is 18.2. The Labute approximate surface area is 179 Å². The normalized spacial score (nSPS) is 20.0. The minimum absolute atomic E-state index is 0.000467. The molecule has 0 radical (unpaired) electrons. The first kappa shape index (κ1) is 22.0. The molecule has 1 fully saturated rings. The van der Waals surface area contributed by atoms with Gasteiger partial charge in [0.05, 0.1) is 0 Å². The first-order valence-electron chi connectivity index (χ1n) is 10.9. The molecule has 2 aromatic rings. The van der Waals surface area contributed by atoms with Crippen LogP contribution in [0.2, 0.25) is 0 Å². The molecule has 1 saturated heterocycles. The molecule has 0 aliphatic carbocycles. The summed E-state index contributed by atoms with van der Waals surface area (Å²) < 4.78 is 0. The Morgan fingerprint density at radius 1 is 0.767 bits per heavy atom. The highest BCUT2D eigenvalue weighted by Crippen LogP contribution is 2.18. The van der Waals surface area contributed by atoms with Crippen LogP contribution in [0.15, 0.2) is 60.7 Å². The van der Waals surface area contributed by atoms with Gasteiger partial charge in [0, 0.05) is 17.2 Å². The third-order valence-corrected chi connectivity index (χ3v) is 5.87. The minimum atomic E-state index is -0.418. The summed E-state index contributed by atoms with van der Waals surface area (Å²) in [4.78, 5) is 27.1. The van der Waals surface area contributed by atoms with E-state index in [0.717, 1.165) is 26.2 Å². The van der Waals surface area contributed by atoms with Crippen LogP contribution in [0.4, 0.5) is 4.79 Å². The predicted octanol–water partition coefficient (Wildman–Crippen LogP) is 0.182. The molecule has 2 aromatic carbocycles. The van der Waals surface area contributed by atoms with Gasteiger partial charge in [0.1, 0.15) is 32.2 Å². The Kier molecular flexibility index (Phi) is 7.60. The summed E-state index contributed by atoms with van der Waals surface area (Å²) in [7, 11) is 0. The van der Waals surface area contributed by atoms with Crippen LogP contribution in [0.1, 0.15) is 37.9 Å². The number of carbonyl (C=O) groups is 2. The highest BCUT2D eigenvalue weighted by Gasteiger charge is 2.35. The van der Waals surface area contributed by atoms with Crippen LogP contribution in [-0.4, -0.2) is 50.2 Å². The lowest BCUT2D eigenvalue weighted by molar-refractivity contribution is -1.03. The zero-order chi connectivity index (χ0) is 21.5. The number of quaternary nitrogens is 2. The van der Waals surface area contributed by atoms with Crippen LogP contribution >= 0.6 is 0 Å². The Hall–Kier alpha value is -2.70. The molecule has 0 spiro atoms. The summed E-state index contributed by atoms with van der Waals surface area (Å²) in [6, 6.07) is 20.9. The fraction of sp³-hybridized carbons (Fsp3) is 0.417. The number of urea groups is 1. The second kappa shape index (κ2) is 10.4. The first-order valence-corrected chi connectivity index (χ1v) is 10.9. The van der Waals surface area contributed by atoms with Gasteiger partial charge in [-0.3, -0.25) is 10.1 Å². The fourth-order valence-corrected chi connectivity index (χ4v) is 4.27.